The van der Waals surface area contributed by atoms with Crippen molar-refractivity contribution in [2.45, 2.75) is 66.6 Å². The van der Waals surface area contributed by atoms with Crippen LogP contribution >= 0.6 is 11.6 Å². The van der Waals surface area contributed by atoms with E-state index in [2.05, 4.69) is 89.2 Å². The van der Waals surface area contributed by atoms with Crippen LogP contribution in [0.1, 0.15) is 72.5 Å². The number of benzene rings is 4. The third-order valence-corrected chi connectivity index (χ3v) is 12.7. The van der Waals surface area contributed by atoms with Crippen molar-refractivity contribution in [1.82, 2.24) is 29.9 Å². The molecule has 1 aliphatic rings. The molecule has 0 radical (unpaired) electrons. The molecule has 4 aromatic heterocycles. The highest BCUT2D eigenvalue weighted by Gasteiger charge is 2.52. The van der Waals surface area contributed by atoms with E-state index in [0.29, 0.717) is 62.2 Å². The van der Waals surface area contributed by atoms with E-state index in [1.54, 1.807) is 48.7 Å². The third-order valence-electron chi connectivity index (χ3n) is 12.4. The number of allylic oxidation sites excluding steroid dienone is 2. The Hall–Kier alpha value is -9.23. The van der Waals surface area contributed by atoms with Crippen molar-refractivity contribution >= 4 is 93.0 Å². The molecule has 5 heterocycles. The molecular formula is C56H50BClN14O2. The van der Waals surface area contributed by atoms with Crippen molar-refractivity contribution in [1.29, 1.82) is 21.0 Å². The molecule has 6 N–H and O–H groups in total. The fraction of sp³-hybridized carbons (Fsp3) is 0.179. The maximum atomic E-state index is 8.92. The molecule has 0 saturated carbocycles. The minimum absolute atomic E-state index is 0.319. The minimum atomic E-state index is -0.344. The minimum Gasteiger partial charge on any atom is -0.399 e. The first-order valence-corrected chi connectivity index (χ1v) is 23.5. The first-order chi connectivity index (χ1) is 35.3. The van der Waals surface area contributed by atoms with Crippen molar-refractivity contribution in [2.75, 3.05) is 22.1 Å². The van der Waals surface area contributed by atoms with Crippen LogP contribution in [0.5, 0.6) is 0 Å². The Morgan fingerprint density at radius 2 is 1.04 bits per heavy atom. The van der Waals surface area contributed by atoms with Gasteiger partial charge in [0.25, 0.3) is 0 Å². The summed E-state index contributed by atoms with van der Waals surface area (Å²) >= 11 is 6.12. The quantitative estimate of drug-likeness (QED) is 0.0814. The molecule has 74 heavy (non-hydrogen) atoms. The molecule has 366 valence electrons. The van der Waals surface area contributed by atoms with Gasteiger partial charge in [-0.3, -0.25) is 0 Å². The molecule has 0 aliphatic carbocycles. The summed E-state index contributed by atoms with van der Waals surface area (Å²) in [5.74, 6) is 1.37. The highest BCUT2D eigenvalue weighted by Crippen LogP contribution is 2.38. The summed E-state index contributed by atoms with van der Waals surface area (Å²) in [7, 11) is -0.344. The second kappa shape index (κ2) is 22.5. The lowest BCUT2D eigenvalue weighted by Crippen LogP contribution is -2.41. The summed E-state index contributed by atoms with van der Waals surface area (Å²) < 4.78 is 12.3. The first kappa shape index (κ1) is 52.6. The van der Waals surface area contributed by atoms with Crippen LogP contribution in [0.2, 0.25) is 5.02 Å². The van der Waals surface area contributed by atoms with Crippen LogP contribution in [-0.4, -0.2) is 48.2 Å². The molecule has 1 saturated heterocycles. The normalized spacial score (nSPS) is 13.2. The Morgan fingerprint density at radius 3 is 1.49 bits per heavy atom. The summed E-state index contributed by atoms with van der Waals surface area (Å²) in [6, 6.07) is 34.0. The molecule has 16 nitrogen and oxygen atoms in total. The second-order valence-electron chi connectivity index (χ2n) is 18.2. The van der Waals surface area contributed by atoms with Gasteiger partial charge in [-0.25, -0.2) is 19.9 Å². The van der Waals surface area contributed by atoms with Gasteiger partial charge in [-0.15, -0.1) is 0 Å². The van der Waals surface area contributed by atoms with E-state index in [0.717, 1.165) is 60.9 Å². The Labute approximate surface area is 434 Å². The number of nitrogen functional groups attached to an aromatic ring is 2. The predicted molar refractivity (Wildman–Crippen MR) is 293 cm³/mol. The van der Waals surface area contributed by atoms with Crippen LogP contribution in [0.25, 0.3) is 45.1 Å². The molecule has 18 heteroatoms. The Morgan fingerprint density at radius 1 is 0.595 bits per heavy atom. The average molecular weight is 997 g/mol. The molecule has 0 unspecified atom stereocenters. The summed E-state index contributed by atoms with van der Waals surface area (Å²) in [4.78, 5) is 25.7. The number of pyridine rings is 2. The van der Waals surface area contributed by atoms with Crippen molar-refractivity contribution in [3.8, 4) is 35.4 Å². The number of halogens is 1. The number of hydrogen-bond donors (Lipinski definition) is 4. The van der Waals surface area contributed by atoms with Gasteiger partial charge in [0.2, 0.25) is 11.9 Å². The molecule has 0 spiro atoms. The van der Waals surface area contributed by atoms with Gasteiger partial charge >= 0.3 is 7.12 Å². The number of anilines is 6. The lowest BCUT2D eigenvalue weighted by molar-refractivity contribution is 0.00578. The first-order valence-electron chi connectivity index (χ1n) is 23.1. The summed E-state index contributed by atoms with van der Waals surface area (Å²) in [5, 5.41) is 43.1. The van der Waals surface area contributed by atoms with E-state index in [9.17, 15) is 0 Å². The zero-order valence-electron chi connectivity index (χ0n) is 41.9. The van der Waals surface area contributed by atoms with E-state index in [-0.39, 0.29) is 18.3 Å². The SMILES string of the molecule is Cc1cc(/C=C/C#N)cc(C)c1-c1cccc2c(N)nc(Nc3ccc(C#N)nc3)nc12.Cc1cc(/C=C/C#N)cc(C)c1B1OC(C)(C)C(C)(C)O1.N#Cc1ccc(Nc2nc(N)c3cccc(Cl)c3n2)cn1. The van der Waals surface area contributed by atoms with E-state index < -0.39 is 0 Å². The van der Waals surface area contributed by atoms with Crippen LogP contribution < -0.4 is 27.6 Å². The van der Waals surface area contributed by atoms with Gasteiger partial charge in [-0.2, -0.15) is 31.0 Å². The van der Waals surface area contributed by atoms with Gasteiger partial charge in [-0.1, -0.05) is 65.2 Å². The summed E-state index contributed by atoms with van der Waals surface area (Å²) in [5.41, 5.74) is 24.2. The number of aryl methyl sites for hydroxylation is 4. The van der Waals surface area contributed by atoms with Crippen molar-refractivity contribution in [3.05, 3.63) is 159 Å². The van der Waals surface area contributed by atoms with Crippen LogP contribution in [0, 0.1) is 73.0 Å². The molecule has 0 amide bonds. The van der Waals surface area contributed by atoms with E-state index in [1.807, 2.05) is 80.6 Å². The van der Waals surface area contributed by atoms with Gasteiger partial charge in [0.05, 0.1) is 63.2 Å². The number of aromatic nitrogens is 6. The van der Waals surface area contributed by atoms with Gasteiger partial charge < -0.3 is 31.4 Å². The number of nitrogens with one attached hydrogen (secondary N) is 2. The summed E-state index contributed by atoms with van der Waals surface area (Å²) in [6.07, 6.45) is 9.64. The maximum absolute atomic E-state index is 8.92. The number of para-hydroxylation sites is 2. The molecule has 0 bridgehead atoms. The molecule has 1 aliphatic heterocycles. The standard InChI is InChI=1S/C25H19N7.C17H22BNO2.C14H9ClN6/c1-15-11-17(5-4-10-26)12-16(2)22(15)20-6-3-7-21-23(20)31-25(32-24(21)28)30-19-9-8-18(13-27)29-14-19;1-12-10-14(8-7-9-19)11-13(2)15(12)18-20-16(3,4)17(5,6)21-18;15-11-3-1-2-10-12(11)20-14(21-13(10)17)19-9-5-4-8(6-16)18-7-9/h3-9,11-12,14H,1-2H3,(H3,28,30,31,32);7-8,10-11H,1-6H3;1-5,7H,(H3,17,19,20,21)/b5-4+;8-7+;. The molecule has 8 aromatic rings. The molecule has 4 aromatic carbocycles. The van der Waals surface area contributed by atoms with Gasteiger partial charge in [0, 0.05) is 28.5 Å². The Balaban J connectivity index is 0.000000168. The fourth-order valence-corrected chi connectivity index (χ4v) is 8.40. The number of nitrogens with zero attached hydrogens (tertiary/aromatic N) is 10. The van der Waals surface area contributed by atoms with Crippen molar-refractivity contribution in [2.24, 2.45) is 0 Å². The number of nitrogens with two attached hydrogens (primary N) is 2. The van der Waals surface area contributed by atoms with Gasteiger partial charge in [0.1, 0.15) is 35.2 Å². The topological polar surface area (TPSA) is 267 Å². The second-order valence-corrected chi connectivity index (χ2v) is 18.6. The van der Waals surface area contributed by atoms with Gasteiger partial charge in [-0.05, 0) is 143 Å². The number of fused-ring (bicyclic) bond motifs is 2. The molecule has 9 rings (SSSR count). The molecule has 0 atom stereocenters. The van der Waals surface area contributed by atoms with Crippen LogP contribution in [0.4, 0.5) is 34.9 Å². The Bertz CT molecular complexity index is 3600. The third kappa shape index (κ3) is 11.9. The van der Waals surface area contributed by atoms with E-state index in [4.69, 9.17) is 58.4 Å². The van der Waals surface area contributed by atoms with Crippen LogP contribution in [0.15, 0.2) is 109 Å². The number of nitriles is 4. The lowest BCUT2D eigenvalue weighted by atomic mass is 9.73. The monoisotopic (exact) mass is 996 g/mol. The van der Waals surface area contributed by atoms with E-state index in [1.165, 1.54) is 18.3 Å². The maximum Gasteiger partial charge on any atom is 0.495 e. The zero-order chi connectivity index (χ0) is 53.3. The predicted octanol–water partition coefficient (Wildman–Crippen LogP) is 11.1. The van der Waals surface area contributed by atoms with Crippen molar-refractivity contribution < 1.29 is 9.31 Å². The Kier molecular flexibility index (Phi) is 16.0. The average Bonchev–Trinajstić information content (AvgIpc) is 3.58. The molecular weight excluding hydrogens is 947 g/mol. The smallest absolute Gasteiger partial charge is 0.399 e. The highest BCUT2D eigenvalue weighted by molar-refractivity contribution is 6.63. The van der Waals surface area contributed by atoms with Crippen LogP contribution in [0.3, 0.4) is 0 Å². The lowest BCUT2D eigenvalue weighted by Gasteiger charge is -2.32. The van der Waals surface area contributed by atoms with Gasteiger partial charge in [0.15, 0.2) is 0 Å². The zero-order valence-corrected chi connectivity index (χ0v) is 42.7. The van der Waals surface area contributed by atoms with Crippen LogP contribution in [-0.2, 0) is 9.31 Å². The molecule has 1 fully saturated rings. The number of rotatable bonds is 8. The van der Waals surface area contributed by atoms with Crippen molar-refractivity contribution in [3.63, 3.8) is 0 Å². The fourth-order valence-electron chi connectivity index (χ4n) is 8.18. The summed E-state index contributed by atoms with van der Waals surface area (Å²) in [6.45, 7) is 16.4. The highest BCUT2D eigenvalue weighted by atomic mass is 35.5. The van der Waals surface area contributed by atoms with E-state index >= 15 is 0 Å². The largest absolute Gasteiger partial charge is 0.495 e. The number of hydrogen-bond acceptors (Lipinski definition) is 16.